The van der Waals surface area contributed by atoms with Crippen molar-refractivity contribution in [2.75, 3.05) is 6.54 Å². The molecule has 1 rings (SSSR count). The van der Waals surface area contributed by atoms with Crippen LogP contribution in [0.5, 0.6) is 0 Å². The molecule has 0 bridgehead atoms. The molecule has 98 valence electrons. The van der Waals surface area contributed by atoms with Crippen molar-refractivity contribution in [3.8, 4) is 0 Å². The Bertz CT molecular complexity index is 467. The molecule has 0 aliphatic heterocycles. The Hall–Kier alpha value is -1.68. The maximum Gasteiger partial charge on any atom is 0.312 e. The summed E-state index contributed by atoms with van der Waals surface area (Å²) in [6, 6.07) is 5.83. The van der Waals surface area contributed by atoms with Crippen LogP contribution in [-0.2, 0) is 4.79 Å². The van der Waals surface area contributed by atoms with E-state index in [1.165, 1.54) is 0 Å². The van der Waals surface area contributed by atoms with Crippen molar-refractivity contribution < 1.29 is 9.90 Å². The lowest BCUT2D eigenvalue weighted by atomic mass is 10.00. The molecule has 0 aliphatic rings. The molecule has 0 saturated heterocycles. The molecule has 0 spiro atoms. The highest BCUT2D eigenvalue weighted by Crippen LogP contribution is 2.22. The monoisotopic (exact) mass is 248 g/mol. The molecule has 3 N–H and O–H groups in total. The van der Waals surface area contributed by atoms with Gasteiger partial charge in [-0.2, -0.15) is 0 Å². The van der Waals surface area contributed by atoms with Gasteiger partial charge in [0, 0.05) is 5.71 Å². The summed E-state index contributed by atoms with van der Waals surface area (Å²) in [5.41, 5.74) is 9.09. The van der Waals surface area contributed by atoms with Crippen LogP contribution in [0.25, 0.3) is 0 Å². The summed E-state index contributed by atoms with van der Waals surface area (Å²) in [5, 5.41) is 9.14. The second kappa shape index (κ2) is 6.31. The van der Waals surface area contributed by atoms with Crippen molar-refractivity contribution in [3.63, 3.8) is 0 Å². The molecule has 4 heteroatoms. The molecule has 0 aliphatic carbocycles. The summed E-state index contributed by atoms with van der Waals surface area (Å²) in [4.78, 5) is 15.6. The average Bonchev–Trinajstić information content (AvgIpc) is 2.31. The van der Waals surface area contributed by atoms with Gasteiger partial charge in [0.2, 0.25) is 0 Å². The number of carbonyl (C=O) groups is 1. The summed E-state index contributed by atoms with van der Waals surface area (Å²) in [7, 11) is 0. The lowest BCUT2D eigenvalue weighted by Crippen LogP contribution is -2.24. The zero-order valence-corrected chi connectivity index (χ0v) is 11.1. The van der Waals surface area contributed by atoms with Gasteiger partial charge in [0.15, 0.2) is 0 Å². The Morgan fingerprint density at radius 1 is 1.44 bits per heavy atom. The minimum atomic E-state index is -0.869. The smallest absolute Gasteiger partial charge is 0.312 e. The predicted molar refractivity (Wildman–Crippen MR) is 73.5 cm³/mol. The number of carboxylic acid groups (broad SMARTS) is 1. The summed E-state index contributed by atoms with van der Waals surface area (Å²) >= 11 is 0. The molecular formula is C14H20N2O2. The SMILES string of the molecule is CC(=Nc1cccc(C)c1C)C(CCN)C(=O)O. The minimum Gasteiger partial charge on any atom is -0.481 e. The van der Waals surface area contributed by atoms with E-state index in [0.717, 1.165) is 16.8 Å². The topological polar surface area (TPSA) is 75.7 Å². The molecule has 18 heavy (non-hydrogen) atoms. The van der Waals surface area contributed by atoms with Gasteiger partial charge in [-0.05, 0) is 50.9 Å². The van der Waals surface area contributed by atoms with Crippen LogP contribution >= 0.6 is 0 Å². The normalized spacial score (nSPS) is 13.4. The molecule has 0 heterocycles. The third-order valence-electron chi connectivity index (χ3n) is 3.13. The van der Waals surface area contributed by atoms with Crippen LogP contribution in [0.4, 0.5) is 5.69 Å². The van der Waals surface area contributed by atoms with Crippen LogP contribution in [0.3, 0.4) is 0 Å². The third-order valence-corrected chi connectivity index (χ3v) is 3.13. The van der Waals surface area contributed by atoms with Crippen molar-refractivity contribution >= 4 is 17.4 Å². The molecule has 0 radical (unpaired) electrons. The summed E-state index contributed by atoms with van der Waals surface area (Å²) in [5.74, 6) is -1.47. The summed E-state index contributed by atoms with van der Waals surface area (Å²) in [6.07, 6.45) is 0.412. The fourth-order valence-corrected chi connectivity index (χ4v) is 1.80. The highest BCUT2D eigenvalue weighted by Gasteiger charge is 2.19. The summed E-state index contributed by atoms with van der Waals surface area (Å²) < 4.78 is 0. The number of rotatable bonds is 5. The fraction of sp³-hybridized carbons (Fsp3) is 0.429. The van der Waals surface area contributed by atoms with Crippen LogP contribution in [0.2, 0.25) is 0 Å². The minimum absolute atomic E-state index is 0.344. The number of carboxylic acids is 1. The zero-order chi connectivity index (χ0) is 13.7. The van der Waals surface area contributed by atoms with Gasteiger partial charge < -0.3 is 10.8 Å². The number of aryl methyl sites for hydroxylation is 1. The van der Waals surface area contributed by atoms with Crippen LogP contribution < -0.4 is 5.73 Å². The van der Waals surface area contributed by atoms with Gasteiger partial charge in [-0.15, -0.1) is 0 Å². The molecule has 1 aromatic rings. The first-order valence-electron chi connectivity index (χ1n) is 6.01. The van der Waals surface area contributed by atoms with Gasteiger partial charge in [0.05, 0.1) is 11.6 Å². The van der Waals surface area contributed by atoms with E-state index in [-0.39, 0.29) is 0 Å². The van der Waals surface area contributed by atoms with E-state index in [0.29, 0.717) is 18.7 Å². The first-order chi connectivity index (χ1) is 8.47. The van der Waals surface area contributed by atoms with E-state index in [2.05, 4.69) is 4.99 Å². The van der Waals surface area contributed by atoms with Gasteiger partial charge >= 0.3 is 5.97 Å². The Labute approximate surface area is 108 Å². The van der Waals surface area contributed by atoms with Gasteiger partial charge in [0.1, 0.15) is 0 Å². The molecule has 0 amide bonds. The lowest BCUT2D eigenvalue weighted by molar-refractivity contribution is -0.139. The van der Waals surface area contributed by atoms with E-state index in [4.69, 9.17) is 10.8 Å². The first kappa shape index (κ1) is 14.4. The molecule has 0 aromatic heterocycles. The highest BCUT2D eigenvalue weighted by atomic mass is 16.4. The second-order valence-electron chi connectivity index (χ2n) is 4.44. The van der Waals surface area contributed by atoms with E-state index in [1.54, 1.807) is 6.92 Å². The Morgan fingerprint density at radius 2 is 2.11 bits per heavy atom. The van der Waals surface area contributed by atoms with Crippen molar-refractivity contribution in [1.82, 2.24) is 0 Å². The van der Waals surface area contributed by atoms with Gasteiger partial charge in [0.25, 0.3) is 0 Å². The largest absolute Gasteiger partial charge is 0.481 e. The molecule has 0 saturated carbocycles. The average molecular weight is 248 g/mol. The Morgan fingerprint density at radius 3 is 2.67 bits per heavy atom. The maximum absolute atomic E-state index is 11.1. The number of nitrogens with zero attached hydrogens (tertiary/aromatic N) is 1. The number of hydrogen-bond donors (Lipinski definition) is 2. The molecule has 1 unspecified atom stereocenters. The number of aliphatic imine (C=N–C) groups is 1. The third kappa shape index (κ3) is 3.40. The number of nitrogens with two attached hydrogens (primary N) is 1. The van der Waals surface area contributed by atoms with Crippen LogP contribution in [0, 0.1) is 19.8 Å². The van der Waals surface area contributed by atoms with E-state index in [9.17, 15) is 4.79 Å². The number of aliphatic carboxylic acids is 1. The standard InChI is InChI=1S/C14H20N2O2/c1-9-5-4-6-13(10(9)2)16-11(3)12(7-8-15)14(17)18/h4-6,12H,7-8,15H2,1-3H3,(H,17,18). The van der Waals surface area contributed by atoms with Crippen LogP contribution in [0.15, 0.2) is 23.2 Å². The van der Waals surface area contributed by atoms with Crippen LogP contribution in [0.1, 0.15) is 24.5 Å². The number of benzene rings is 1. The van der Waals surface area contributed by atoms with Gasteiger partial charge in [-0.1, -0.05) is 12.1 Å². The predicted octanol–water partition coefficient (Wildman–Crippen LogP) is 2.45. The quantitative estimate of drug-likeness (QED) is 0.786. The number of hydrogen-bond acceptors (Lipinski definition) is 3. The maximum atomic E-state index is 11.1. The van der Waals surface area contributed by atoms with Crippen LogP contribution in [-0.4, -0.2) is 23.3 Å². The molecule has 1 atom stereocenters. The van der Waals surface area contributed by atoms with E-state index >= 15 is 0 Å². The molecule has 4 nitrogen and oxygen atoms in total. The van der Waals surface area contributed by atoms with Crippen molar-refractivity contribution in [2.45, 2.75) is 27.2 Å². The first-order valence-corrected chi connectivity index (χ1v) is 6.01. The zero-order valence-electron chi connectivity index (χ0n) is 11.1. The highest BCUT2D eigenvalue weighted by molar-refractivity contribution is 6.01. The van der Waals surface area contributed by atoms with Crippen molar-refractivity contribution in [3.05, 3.63) is 29.3 Å². The van der Waals surface area contributed by atoms with Crippen molar-refractivity contribution in [2.24, 2.45) is 16.6 Å². The fourth-order valence-electron chi connectivity index (χ4n) is 1.80. The van der Waals surface area contributed by atoms with Gasteiger partial charge in [-0.3, -0.25) is 9.79 Å². The molecule has 1 aromatic carbocycles. The lowest BCUT2D eigenvalue weighted by Gasteiger charge is -2.12. The van der Waals surface area contributed by atoms with Crippen molar-refractivity contribution in [1.29, 1.82) is 0 Å². The second-order valence-corrected chi connectivity index (χ2v) is 4.44. The molecular weight excluding hydrogens is 228 g/mol. The Balaban J connectivity index is 3.07. The van der Waals surface area contributed by atoms with E-state index in [1.807, 2.05) is 32.0 Å². The Kier molecular flexibility index (Phi) is 5.04. The molecule has 0 fully saturated rings. The summed E-state index contributed by atoms with van der Waals surface area (Å²) in [6.45, 7) is 6.09. The van der Waals surface area contributed by atoms with E-state index < -0.39 is 11.9 Å². The van der Waals surface area contributed by atoms with Gasteiger partial charge in [-0.25, -0.2) is 0 Å².